The maximum absolute atomic E-state index is 13.0. The van der Waals surface area contributed by atoms with E-state index >= 15 is 0 Å². The molecule has 4 nitrogen and oxygen atoms in total. The molecule has 1 N–H and O–H groups in total. The molecule has 4 heteroatoms. The molecule has 0 atom stereocenters. The van der Waals surface area contributed by atoms with Gasteiger partial charge in [-0.25, -0.2) is 0 Å². The molecule has 0 aromatic heterocycles. The van der Waals surface area contributed by atoms with Crippen LogP contribution in [0.25, 0.3) is 0 Å². The number of hydrogen-bond donors (Lipinski definition) is 1. The Morgan fingerprint density at radius 3 is 2.14 bits per heavy atom. The number of nitrogens with zero attached hydrogens (tertiary/aromatic N) is 1. The molecule has 0 spiro atoms. The minimum absolute atomic E-state index is 0.0157. The number of carbonyl (C=O) groups is 2. The SMILES string of the molecule is CC(C)N(Cc1ccccc1)C(=O)c1ccc(C(=O)NC2CCCCC2)cc1. The quantitative estimate of drug-likeness (QED) is 0.785. The van der Waals surface area contributed by atoms with E-state index in [0.29, 0.717) is 17.7 Å². The molecule has 0 radical (unpaired) electrons. The fraction of sp³-hybridized carbons (Fsp3) is 0.417. The van der Waals surface area contributed by atoms with Crippen molar-refractivity contribution in [3.8, 4) is 0 Å². The Kier molecular flexibility index (Phi) is 6.85. The second-order valence-corrected chi connectivity index (χ2v) is 7.90. The Bertz CT molecular complexity index is 778. The van der Waals surface area contributed by atoms with E-state index in [4.69, 9.17) is 0 Å². The zero-order valence-electron chi connectivity index (χ0n) is 16.9. The highest BCUT2D eigenvalue weighted by Crippen LogP contribution is 2.18. The molecule has 0 bridgehead atoms. The third-order valence-corrected chi connectivity index (χ3v) is 5.41. The molecule has 148 valence electrons. The van der Waals surface area contributed by atoms with Gasteiger partial charge in [0.2, 0.25) is 0 Å². The molecule has 1 aliphatic carbocycles. The van der Waals surface area contributed by atoms with Gasteiger partial charge in [0.1, 0.15) is 0 Å². The van der Waals surface area contributed by atoms with Crippen molar-refractivity contribution in [3.05, 3.63) is 71.3 Å². The molecule has 2 amide bonds. The first-order valence-corrected chi connectivity index (χ1v) is 10.3. The van der Waals surface area contributed by atoms with Crippen molar-refractivity contribution < 1.29 is 9.59 Å². The van der Waals surface area contributed by atoms with E-state index in [1.54, 1.807) is 24.3 Å². The van der Waals surface area contributed by atoms with Crippen molar-refractivity contribution in [2.45, 2.75) is 64.6 Å². The molecule has 2 aromatic carbocycles. The summed E-state index contributed by atoms with van der Waals surface area (Å²) < 4.78 is 0. The van der Waals surface area contributed by atoms with Crippen LogP contribution in [0.2, 0.25) is 0 Å². The molecular weight excluding hydrogens is 348 g/mol. The number of benzene rings is 2. The van der Waals surface area contributed by atoms with Gasteiger partial charge in [-0.05, 0) is 56.5 Å². The second-order valence-electron chi connectivity index (χ2n) is 7.90. The Balaban J connectivity index is 1.66. The lowest BCUT2D eigenvalue weighted by molar-refractivity contribution is 0.0689. The zero-order valence-corrected chi connectivity index (χ0v) is 16.9. The van der Waals surface area contributed by atoms with E-state index in [2.05, 4.69) is 5.32 Å². The lowest BCUT2D eigenvalue weighted by Gasteiger charge is -2.27. The Morgan fingerprint density at radius 1 is 0.929 bits per heavy atom. The molecule has 3 rings (SSSR count). The van der Waals surface area contributed by atoms with Crippen molar-refractivity contribution in [2.75, 3.05) is 0 Å². The predicted molar refractivity (Wildman–Crippen MR) is 112 cm³/mol. The van der Waals surface area contributed by atoms with Crippen molar-refractivity contribution in [2.24, 2.45) is 0 Å². The molecule has 1 saturated carbocycles. The van der Waals surface area contributed by atoms with Crippen molar-refractivity contribution >= 4 is 11.8 Å². The van der Waals surface area contributed by atoms with Gasteiger partial charge in [0.25, 0.3) is 11.8 Å². The Hall–Kier alpha value is -2.62. The minimum Gasteiger partial charge on any atom is -0.349 e. The first-order chi connectivity index (χ1) is 13.5. The van der Waals surface area contributed by atoms with E-state index < -0.39 is 0 Å². The summed E-state index contributed by atoms with van der Waals surface area (Å²) in [6, 6.07) is 17.4. The van der Waals surface area contributed by atoms with Gasteiger partial charge in [0, 0.05) is 29.8 Å². The molecule has 1 aliphatic rings. The molecule has 1 fully saturated rings. The van der Waals surface area contributed by atoms with Gasteiger partial charge in [-0.1, -0.05) is 49.6 Å². The number of carbonyl (C=O) groups excluding carboxylic acids is 2. The topological polar surface area (TPSA) is 49.4 Å². The average Bonchev–Trinajstić information content (AvgIpc) is 2.73. The summed E-state index contributed by atoms with van der Waals surface area (Å²) in [7, 11) is 0. The fourth-order valence-electron chi connectivity index (χ4n) is 3.71. The van der Waals surface area contributed by atoms with E-state index in [-0.39, 0.29) is 23.9 Å². The maximum atomic E-state index is 13.0. The van der Waals surface area contributed by atoms with Gasteiger partial charge in [0.05, 0.1) is 0 Å². The van der Waals surface area contributed by atoms with Crippen LogP contribution < -0.4 is 5.32 Å². The lowest BCUT2D eigenvalue weighted by Crippen LogP contribution is -2.37. The van der Waals surface area contributed by atoms with Crippen LogP contribution in [0.5, 0.6) is 0 Å². The first kappa shape index (κ1) is 20.1. The monoisotopic (exact) mass is 378 g/mol. The Morgan fingerprint density at radius 2 is 1.54 bits per heavy atom. The van der Waals surface area contributed by atoms with Gasteiger partial charge in [-0.2, -0.15) is 0 Å². The molecule has 0 saturated heterocycles. The van der Waals surface area contributed by atoms with Crippen LogP contribution in [0.1, 0.15) is 72.2 Å². The largest absolute Gasteiger partial charge is 0.349 e. The van der Waals surface area contributed by atoms with Gasteiger partial charge < -0.3 is 10.2 Å². The molecule has 2 aromatic rings. The first-order valence-electron chi connectivity index (χ1n) is 10.3. The fourth-order valence-corrected chi connectivity index (χ4v) is 3.71. The van der Waals surface area contributed by atoms with Gasteiger partial charge >= 0.3 is 0 Å². The van der Waals surface area contributed by atoms with E-state index in [0.717, 1.165) is 18.4 Å². The molecule has 0 aliphatic heterocycles. The normalized spacial score (nSPS) is 14.7. The Labute approximate surface area is 167 Å². The van der Waals surface area contributed by atoms with Crippen LogP contribution in [0.15, 0.2) is 54.6 Å². The third kappa shape index (κ3) is 5.22. The van der Waals surface area contributed by atoms with Crippen LogP contribution in [0, 0.1) is 0 Å². The van der Waals surface area contributed by atoms with Gasteiger partial charge in [0.15, 0.2) is 0 Å². The molecule has 28 heavy (non-hydrogen) atoms. The summed E-state index contributed by atoms with van der Waals surface area (Å²) in [5, 5.41) is 3.12. The zero-order chi connectivity index (χ0) is 19.9. The number of nitrogens with one attached hydrogen (secondary N) is 1. The average molecular weight is 379 g/mol. The highest BCUT2D eigenvalue weighted by molar-refractivity contribution is 5.98. The summed E-state index contributed by atoms with van der Waals surface area (Å²) in [5.41, 5.74) is 2.33. The van der Waals surface area contributed by atoms with Crippen LogP contribution in [-0.4, -0.2) is 28.8 Å². The van der Waals surface area contributed by atoms with Crippen molar-refractivity contribution in [3.63, 3.8) is 0 Å². The summed E-state index contributed by atoms with van der Waals surface area (Å²) >= 11 is 0. The molecular formula is C24H30N2O2. The highest BCUT2D eigenvalue weighted by atomic mass is 16.2. The standard InChI is InChI=1S/C24H30N2O2/c1-18(2)26(17-19-9-5-3-6-10-19)24(28)21-15-13-20(14-16-21)23(27)25-22-11-7-4-8-12-22/h3,5-6,9-10,13-16,18,22H,4,7-8,11-12,17H2,1-2H3,(H,25,27). The maximum Gasteiger partial charge on any atom is 0.254 e. The third-order valence-electron chi connectivity index (χ3n) is 5.41. The van der Waals surface area contributed by atoms with Crippen molar-refractivity contribution in [1.29, 1.82) is 0 Å². The van der Waals surface area contributed by atoms with Gasteiger partial charge in [-0.15, -0.1) is 0 Å². The summed E-state index contributed by atoms with van der Waals surface area (Å²) in [4.78, 5) is 27.3. The number of rotatable bonds is 6. The van der Waals surface area contributed by atoms with E-state index in [9.17, 15) is 9.59 Å². The molecule has 0 heterocycles. The van der Waals surface area contributed by atoms with Crippen LogP contribution in [-0.2, 0) is 6.54 Å². The van der Waals surface area contributed by atoms with Gasteiger partial charge in [-0.3, -0.25) is 9.59 Å². The summed E-state index contributed by atoms with van der Waals surface area (Å²) in [6.07, 6.45) is 5.75. The highest BCUT2D eigenvalue weighted by Gasteiger charge is 2.20. The minimum atomic E-state index is -0.0455. The summed E-state index contributed by atoms with van der Waals surface area (Å²) in [5.74, 6) is -0.0611. The second kappa shape index (κ2) is 9.54. The summed E-state index contributed by atoms with van der Waals surface area (Å²) in [6.45, 7) is 4.61. The van der Waals surface area contributed by atoms with Crippen LogP contribution in [0.4, 0.5) is 0 Å². The van der Waals surface area contributed by atoms with E-state index in [1.807, 2.05) is 49.1 Å². The number of hydrogen-bond acceptors (Lipinski definition) is 2. The smallest absolute Gasteiger partial charge is 0.254 e. The van der Waals surface area contributed by atoms with Crippen molar-refractivity contribution in [1.82, 2.24) is 10.2 Å². The molecule has 0 unspecified atom stereocenters. The lowest BCUT2D eigenvalue weighted by atomic mass is 9.95. The predicted octanol–water partition coefficient (Wildman–Crippen LogP) is 4.80. The number of amides is 2. The van der Waals surface area contributed by atoms with Crippen LogP contribution in [0.3, 0.4) is 0 Å². The van der Waals surface area contributed by atoms with E-state index in [1.165, 1.54) is 19.3 Å². The van der Waals surface area contributed by atoms with Crippen LogP contribution >= 0.6 is 0 Å².